The summed E-state index contributed by atoms with van der Waals surface area (Å²) in [4.78, 5) is 25.5. The van der Waals surface area contributed by atoms with E-state index in [2.05, 4.69) is 15.3 Å². The Balaban J connectivity index is 2.29. The van der Waals surface area contributed by atoms with Gasteiger partial charge in [0, 0.05) is 18.1 Å². The lowest BCUT2D eigenvalue weighted by molar-refractivity contribution is -0.137. The number of carbonyl (C=O) groups is 1. The van der Waals surface area contributed by atoms with Crippen molar-refractivity contribution in [3.05, 3.63) is 70.8 Å². The van der Waals surface area contributed by atoms with E-state index in [-0.39, 0.29) is 29.5 Å². The van der Waals surface area contributed by atoms with Gasteiger partial charge in [-0.3, -0.25) is 4.79 Å². The molecule has 0 atom stereocenters. The molecular formula is C22H22F3N3O4. The number of hydrogen-bond acceptors (Lipinski definition) is 6. The van der Waals surface area contributed by atoms with Crippen molar-refractivity contribution in [2.75, 3.05) is 14.2 Å². The number of alkyl halides is 3. The second-order valence-corrected chi connectivity index (χ2v) is 6.45. The van der Waals surface area contributed by atoms with Crippen molar-refractivity contribution in [1.82, 2.24) is 0 Å². The van der Waals surface area contributed by atoms with Crippen LogP contribution in [0.1, 0.15) is 36.1 Å². The Morgan fingerprint density at radius 1 is 1.00 bits per heavy atom. The molecule has 1 amide bonds. The molecule has 0 saturated heterocycles. The average molecular weight is 449 g/mol. The minimum absolute atomic E-state index is 0.0354. The van der Waals surface area contributed by atoms with Gasteiger partial charge in [-0.05, 0) is 24.6 Å². The van der Waals surface area contributed by atoms with Crippen LogP contribution in [0, 0.1) is 0 Å². The fraction of sp³-hybridized carbons (Fsp3) is 0.273. The largest absolute Gasteiger partial charge is 0.479 e. The monoisotopic (exact) mass is 449 g/mol. The van der Waals surface area contributed by atoms with Crippen LogP contribution in [0.4, 0.5) is 13.2 Å². The van der Waals surface area contributed by atoms with Crippen molar-refractivity contribution in [3.63, 3.8) is 0 Å². The van der Waals surface area contributed by atoms with Crippen molar-refractivity contribution in [2.45, 2.75) is 26.6 Å². The summed E-state index contributed by atoms with van der Waals surface area (Å²) in [6.45, 7) is 2.78. The van der Waals surface area contributed by atoms with Crippen molar-refractivity contribution in [1.29, 1.82) is 0 Å². The van der Waals surface area contributed by atoms with Gasteiger partial charge in [0.15, 0.2) is 5.71 Å². The number of halogens is 3. The molecule has 0 aliphatic rings. The number of rotatable bonds is 7. The van der Waals surface area contributed by atoms with E-state index >= 15 is 0 Å². The smallest absolute Gasteiger partial charge is 0.416 e. The maximum Gasteiger partial charge on any atom is 0.416 e. The highest BCUT2D eigenvalue weighted by atomic mass is 19.4. The molecule has 32 heavy (non-hydrogen) atoms. The summed E-state index contributed by atoms with van der Waals surface area (Å²) in [6, 6.07) is 11.7. The van der Waals surface area contributed by atoms with Gasteiger partial charge < -0.3 is 14.4 Å². The second-order valence-electron chi connectivity index (χ2n) is 6.45. The third kappa shape index (κ3) is 6.66. The van der Waals surface area contributed by atoms with Crippen LogP contribution in [0.2, 0.25) is 0 Å². The molecule has 7 nitrogen and oxygen atoms in total. The first-order chi connectivity index (χ1) is 15.2. The van der Waals surface area contributed by atoms with E-state index in [1.54, 1.807) is 31.2 Å². The summed E-state index contributed by atoms with van der Waals surface area (Å²) in [5.41, 5.74) is 1.08. The molecule has 2 rings (SSSR count). The molecular weight excluding hydrogens is 427 g/mol. The van der Waals surface area contributed by atoms with E-state index < -0.39 is 17.6 Å². The van der Waals surface area contributed by atoms with Gasteiger partial charge in [0.2, 0.25) is 11.8 Å². The maximum absolute atomic E-state index is 12.9. The summed E-state index contributed by atoms with van der Waals surface area (Å²) >= 11 is 0. The SMILES string of the molecule is CO/N=C(\C(=NC(C)=O)OC)c1ccccc1CO/N=C(/C)c1cccc(C(F)(F)F)c1. The quantitative estimate of drug-likeness (QED) is 0.352. The predicted octanol–water partition coefficient (Wildman–Crippen LogP) is 4.59. The first-order valence-electron chi connectivity index (χ1n) is 9.34. The number of aliphatic imine (C=N–C) groups is 1. The van der Waals surface area contributed by atoms with Gasteiger partial charge in [-0.15, -0.1) is 0 Å². The highest BCUT2D eigenvalue weighted by molar-refractivity contribution is 6.46. The van der Waals surface area contributed by atoms with Crippen LogP contribution >= 0.6 is 0 Å². The van der Waals surface area contributed by atoms with Gasteiger partial charge >= 0.3 is 6.18 Å². The standard InChI is InChI=1S/C22H22F3N3O4/c1-14(16-9-7-10-18(12-16)22(23,24)25)27-32-13-17-8-5-6-11-19(17)20(28-31-4)21(30-3)26-15(2)29/h5-12H,13H2,1-4H3/b26-21?,27-14-,28-20-. The molecule has 170 valence electrons. The Bertz CT molecular complexity index is 1050. The molecule has 0 heterocycles. The van der Waals surface area contributed by atoms with Gasteiger partial charge in [0.25, 0.3) is 0 Å². The molecule has 0 spiro atoms. The van der Waals surface area contributed by atoms with E-state index in [1.807, 2.05) is 0 Å². The van der Waals surface area contributed by atoms with E-state index in [4.69, 9.17) is 14.4 Å². The molecule has 2 aromatic carbocycles. The van der Waals surface area contributed by atoms with E-state index in [0.717, 1.165) is 12.1 Å². The highest BCUT2D eigenvalue weighted by Gasteiger charge is 2.30. The zero-order chi connectivity index (χ0) is 23.7. The summed E-state index contributed by atoms with van der Waals surface area (Å²) in [5.74, 6) is -0.531. The Morgan fingerprint density at radius 2 is 1.72 bits per heavy atom. The Kier molecular flexibility index (Phi) is 8.51. The molecule has 0 radical (unpaired) electrons. The highest BCUT2D eigenvalue weighted by Crippen LogP contribution is 2.29. The van der Waals surface area contributed by atoms with Crippen LogP contribution in [0.15, 0.2) is 63.8 Å². The number of carbonyl (C=O) groups excluding carboxylic acids is 1. The molecule has 0 bridgehead atoms. The predicted molar refractivity (Wildman–Crippen MR) is 114 cm³/mol. The zero-order valence-corrected chi connectivity index (χ0v) is 17.9. The van der Waals surface area contributed by atoms with Crippen LogP contribution in [0.25, 0.3) is 0 Å². The minimum Gasteiger partial charge on any atom is -0.479 e. The molecule has 0 fully saturated rings. The minimum atomic E-state index is -4.45. The normalized spacial score (nSPS) is 13.0. The first-order valence-corrected chi connectivity index (χ1v) is 9.34. The number of amides is 1. The lowest BCUT2D eigenvalue weighted by atomic mass is 10.0. The fourth-order valence-corrected chi connectivity index (χ4v) is 2.68. The van der Waals surface area contributed by atoms with Gasteiger partial charge in [0.1, 0.15) is 13.7 Å². The second kappa shape index (κ2) is 11.1. The van der Waals surface area contributed by atoms with Gasteiger partial charge in [-0.25, -0.2) is 0 Å². The van der Waals surface area contributed by atoms with Crippen molar-refractivity contribution in [2.24, 2.45) is 15.3 Å². The molecule has 0 aliphatic heterocycles. The molecule has 10 heteroatoms. The van der Waals surface area contributed by atoms with E-state index in [1.165, 1.54) is 33.3 Å². The number of ether oxygens (including phenoxy) is 1. The lowest BCUT2D eigenvalue weighted by Gasteiger charge is -2.12. The number of oxime groups is 2. The molecule has 2 aromatic rings. The van der Waals surface area contributed by atoms with Crippen LogP contribution in [0.3, 0.4) is 0 Å². The van der Waals surface area contributed by atoms with E-state index in [0.29, 0.717) is 11.1 Å². The van der Waals surface area contributed by atoms with Gasteiger partial charge in [-0.2, -0.15) is 18.2 Å². The fourth-order valence-electron chi connectivity index (χ4n) is 2.68. The van der Waals surface area contributed by atoms with Crippen molar-refractivity contribution < 1.29 is 32.4 Å². The summed E-state index contributed by atoms with van der Waals surface area (Å²) in [7, 11) is 2.68. The Morgan fingerprint density at radius 3 is 2.34 bits per heavy atom. The van der Waals surface area contributed by atoms with Gasteiger partial charge in [0.05, 0.1) is 18.4 Å². The summed E-state index contributed by atoms with van der Waals surface area (Å²) in [5, 5.41) is 7.85. The number of benzene rings is 2. The van der Waals surface area contributed by atoms with Crippen molar-refractivity contribution in [3.8, 4) is 0 Å². The number of hydrogen-bond donors (Lipinski definition) is 0. The Labute approximate surface area is 183 Å². The number of methoxy groups -OCH3 is 1. The molecule has 0 aliphatic carbocycles. The van der Waals surface area contributed by atoms with Crippen LogP contribution < -0.4 is 0 Å². The van der Waals surface area contributed by atoms with Crippen LogP contribution in [-0.2, 0) is 32.0 Å². The molecule has 0 aromatic heterocycles. The summed E-state index contributed by atoms with van der Waals surface area (Å²) in [6.07, 6.45) is -4.45. The third-order valence-electron chi connectivity index (χ3n) is 4.14. The topological polar surface area (TPSA) is 81.8 Å². The first kappa shape index (κ1) is 24.6. The molecule has 0 saturated carbocycles. The third-order valence-corrected chi connectivity index (χ3v) is 4.14. The summed E-state index contributed by atoms with van der Waals surface area (Å²) < 4.78 is 44.0. The lowest BCUT2D eigenvalue weighted by Crippen LogP contribution is -2.21. The van der Waals surface area contributed by atoms with Gasteiger partial charge in [-0.1, -0.05) is 46.7 Å². The van der Waals surface area contributed by atoms with Crippen LogP contribution in [-0.4, -0.2) is 37.4 Å². The van der Waals surface area contributed by atoms with Crippen molar-refractivity contribution >= 4 is 23.2 Å². The molecule has 0 N–H and O–H groups in total. The molecule has 0 unspecified atom stereocenters. The number of nitrogens with zero attached hydrogens (tertiary/aromatic N) is 3. The Hall–Kier alpha value is -3.69. The zero-order valence-electron chi connectivity index (χ0n) is 17.9. The van der Waals surface area contributed by atoms with Crippen LogP contribution in [0.5, 0.6) is 0 Å². The van der Waals surface area contributed by atoms with E-state index in [9.17, 15) is 18.0 Å². The maximum atomic E-state index is 12.9. The average Bonchev–Trinajstić information content (AvgIpc) is 2.76.